The first-order valence-corrected chi connectivity index (χ1v) is 5.31. The van der Waals surface area contributed by atoms with Gasteiger partial charge in [-0.05, 0) is 22.4 Å². The van der Waals surface area contributed by atoms with Crippen LogP contribution in [0.4, 0.5) is 11.4 Å². The van der Waals surface area contributed by atoms with Crippen LogP contribution in [0.5, 0.6) is 0 Å². The zero-order valence-electron chi connectivity index (χ0n) is 9.87. The summed E-state index contributed by atoms with van der Waals surface area (Å²) >= 11 is 0. The topological polar surface area (TPSA) is 154 Å². The highest BCUT2D eigenvalue weighted by atomic mass is 16.6. The fourth-order valence-electron chi connectivity index (χ4n) is 1.73. The second kappa shape index (κ2) is 4.80. The molecule has 9 nitrogen and oxygen atoms in total. The number of anilines is 2. The molecule has 100 valence electrons. The second-order valence-electron chi connectivity index (χ2n) is 3.92. The highest BCUT2D eigenvalue weighted by molar-refractivity contribution is 5.97. The molecule has 0 aliphatic rings. The molecule has 0 atom stereocenters. The lowest BCUT2D eigenvalue weighted by molar-refractivity contribution is -0.117. The molecular formula is C10H12N6O3. The number of fused-ring (bicyclic) bond motifs is 1. The minimum Gasteiger partial charge on any atom is -0.397 e. The van der Waals surface area contributed by atoms with Gasteiger partial charge in [0.25, 0.3) is 0 Å². The lowest BCUT2D eigenvalue weighted by atomic mass is 10.2. The van der Waals surface area contributed by atoms with Crippen molar-refractivity contribution in [2.45, 2.75) is 0 Å². The van der Waals surface area contributed by atoms with Crippen molar-refractivity contribution >= 4 is 34.2 Å². The average molecular weight is 264 g/mol. The molecule has 0 saturated carbocycles. The Hall–Kier alpha value is -2.84. The summed E-state index contributed by atoms with van der Waals surface area (Å²) in [5.74, 6) is -1.22. The SMILES string of the molecule is NC(=O)CN(CC(N)=O)c1ccc(N)c2nonc12. The summed E-state index contributed by atoms with van der Waals surface area (Å²) in [7, 11) is 0. The van der Waals surface area contributed by atoms with Crippen LogP contribution in [-0.4, -0.2) is 35.2 Å². The van der Waals surface area contributed by atoms with Gasteiger partial charge in [-0.2, -0.15) is 0 Å². The predicted octanol–water partition coefficient (Wildman–Crippen LogP) is -1.42. The largest absolute Gasteiger partial charge is 0.397 e. The number of primary amides is 2. The summed E-state index contributed by atoms with van der Waals surface area (Å²) in [6.45, 7) is -0.371. The van der Waals surface area contributed by atoms with Gasteiger partial charge in [-0.3, -0.25) is 9.59 Å². The maximum absolute atomic E-state index is 11.1. The molecule has 2 amide bonds. The Labute approximate surface area is 107 Å². The molecule has 1 heterocycles. The Bertz CT molecular complexity index is 621. The minimum atomic E-state index is -0.609. The third-order valence-corrected chi connectivity index (χ3v) is 2.46. The van der Waals surface area contributed by atoms with Gasteiger partial charge in [-0.15, -0.1) is 0 Å². The molecule has 0 unspecified atom stereocenters. The van der Waals surface area contributed by atoms with E-state index in [1.54, 1.807) is 12.1 Å². The third kappa shape index (κ3) is 2.54. The zero-order chi connectivity index (χ0) is 14.0. The fourth-order valence-corrected chi connectivity index (χ4v) is 1.73. The Morgan fingerprint density at radius 1 is 1.11 bits per heavy atom. The smallest absolute Gasteiger partial charge is 0.236 e. The van der Waals surface area contributed by atoms with Crippen molar-refractivity contribution in [3.05, 3.63) is 12.1 Å². The monoisotopic (exact) mass is 264 g/mol. The van der Waals surface area contributed by atoms with Crippen LogP contribution in [0.3, 0.4) is 0 Å². The van der Waals surface area contributed by atoms with Crippen LogP contribution in [0, 0.1) is 0 Å². The molecule has 0 saturated heterocycles. The highest BCUT2D eigenvalue weighted by Gasteiger charge is 2.18. The molecule has 0 spiro atoms. The van der Waals surface area contributed by atoms with Gasteiger partial charge in [0.15, 0.2) is 11.0 Å². The number of hydrogen-bond donors (Lipinski definition) is 3. The van der Waals surface area contributed by atoms with Gasteiger partial charge in [0, 0.05) is 0 Å². The molecule has 6 N–H and O–H groups in total. The summed E-state index contributed by atoms with van der Waals surface area (Å²) in [6, 6.07) is 3.16. The van der Waals surface area contributed by atoms with E-state index in [4.69, 9.17) is 17.2 Å². The van der Waals surface area contributed by atoms with Crippen molar-refractivity contribution < 1.29 is 14.2 Å². The second-order valence-corrected chi connectivity index (χ2v) is 3.92. The van der Waals surface area contributed by atoms with E-state index in [9.17, 15) is 9.59 Å². The van der Waals surface area contributed by atoms with Gasteiger partial charge >= 0.3 is 0 Å². The molecule has 0 fully saturated rings. The molecule has 1 aromatic heterocycles. The molecule has 0 radical (unpaired) electrons. The summed E-state index contributed by atoms with van der Waals surface area (Å²) in [5.41, 5.74) is 17.5. The number of nitrogens with zero attached hydrogens (tertiary/aromatic N) is 3. The quantitative estimate of drug-likeness (QED) is 0.560. The highest BCUT2D eigenvalue weighted by Crippen LogP contribution is 2.27. The van der Waals surface area contributed by atoms with Crippen molar-refractivity contribution in [2.24, 2.45) is 11.5 Å². The molecule has 1 aromatic carbocycles. The first kappa shape index (κ1) is 12.6. The molecule has 9 heteroatoms. The van der Waals surface area contributed by atoms with Crippen LogP contribution in [0.25, 0.3) is 11.0 Å². The summed E-state index contributed by atoms with van der Waals surface area (Å²) in [6.07, 6.45) is 0. The lowest BCUT2D eigenvalue weighted by Crippen LogP contribution is -2.39. The van der Waals surface area contributed by atoms with Crippen LogP contribution in [0.1, 0.15) is 0 Å². The van der Waals surface area contributed by atoms with E-state index in [0.717, 1.165) is 0 Å². The van der Waals surface area contributed by atoms with Gasteiger partial charge in [0.1, 0.15) is 0 Å². The maximum atomic E-state index is 11.1. The number of rotatable bonds is 5. The summed E-state index contributed by atoms with van der Waals surface area (Å²) in [4.78, 5) is 23.5. The van der Waals surface area contributed by atoms with Crippen LogP contribution < -0.4 is 22.1 Å². The third-order valence-electron chi connectivity index (χ3n) is 2.46. The Balaban J connectivity index is 2.49. The molecule has 0 aliphatic heterocycles. The Morgan fingerprint density at radius 2 is 1.68 bits per heavy atom. The number of carbonyl (C=O) groups excluding carboxylic acids is 2. The normalized spacial score (nSPS) is 10.5. The molecule has 2 rings (SSSR count). The molecule has 0 aliphatic carbocycles. The molecule has 2 aromatic rings. The van der Waals surface area contributed by atoms with E-state index < -0.39 is 11.8 Å². The van der Waals surface area contributed by atoms with E-state index in [2.05, 4.69) is 14.9 Å². The number of carbonyl (C=O) groups is 2. The van der Waals surface area contributed by atoms with Crippen molar-refractivity contribution in [3.63, 3.8) is 0 Å². The number of nitrogens with two attached hydrogens (primary N) is 3. The predicted molar refractivity (Wildman–Crippen MR) is 66.8 cm³/mol. The van der Waals surface area contributed by atoms with Gasteiger partial charge in [-0.1, -0.05) is 0 Å². The Kier molecular flexibility index (Phi) is 3.19. The van der Waals surface area contributed by atoms with Crippen LogP contribution in [0.15, 0.2) is 16.8 Å². The first-order valence-electron chi connectivity index (χ1n) is 5.31. The van der Waals surface area contributed by atoms with Gasteiger partial charge in [-0.25, -0.2) is 4.63 Å². The summed E-state index contributed by atoms with van der Waals surface area (Å²) in [5, 5.41) is 7.35. The van der Waals surface area contributed by atoms with Crippen molar-refractivity contribution in [3.8, 4) is 0 Å². The van der Waals surface area contributed by atoms with E-state index >= 15 is 0 Å². The first-order chi connectivity index (χ1) is 8.99. The lowest BCUT2D eigenvalue weighted by Gasteiger charge is -2.21. The summed E-state index contributed by atoms with van der Waals surface area (Å²) < 4.78 is 4.61. The van der Waals surface area contributed by atoms with E-state index in [-0.39, 0.29) is 13.1 Å². The fraction of sp³-hybridized carbons (Fsp3) is 0.200. The van der Waals surface area contributed by atoms with Crippen LogP contribution in [-0.2, 0) is 9.59 Å². The number of hydrogen-bond acceptors (Lipinski definition) is 7. The zero-order valence-corrected chi connectivity index (χ0v) is 9.87. The molecule has 0 bridgehead atoms. The maximum Gasteiger partial charge on any atom is 0.236 e. The van der Waals surface area contributed by atoms with Gasteiger partial charge in [0.05, 0.1) is 24.5 Å². The standard InChI is InChI=1S/C10H12N6O3/c11-5-1-2-6(10-9(5)14-19-15-10)16(3-7(12)17)4-8(13)18/h1-2H,3-4,11H2,(H2,12,17)(H2,13,18). The number of benzene rings is 1. The van der Waals surface area contributed by atoms with E-state index in [0.29, 0.717) is 22.4 Å². The average Bonchev–Trinajstić information content (AvgIpc) is 2.77. The Morgan fingerprint density at radius 3 is 2.26 bits per heavy atom. The number of aromatic nitrogens is 2. The van der Waals surface area contributed by atoms with E-state index in [1.807, 2.05) is 0 Å². The van der Waals surface area contributed by atoms with E-state index in [1.165, 1.54) is 4.90 Å². The minimum absolute atomic E-state index is 0.186. The van der Waals surface area contributed by atoms with Crippen LogP contribution in [0.2, 0.25) is 0 Å². The van der Waals surface area contributed by atoms with Crippen LogP contribution >= 0.6 is 0 Å². The van der Waals surface area contributed by atoms with Crippen molar-refractivity contribution in [2.75, 3.05) is 23.7 Å². The molecule has 19 heavy (non-hydrogen) atoms. The number of amides is 2. The van der Waals surface area contributed by atoms with Gasteiger partial charge < -0.3 is 22.1 Å². The van der Waals surface area contributed by atoms with Crippen molar-refractivity contribution in [1.82, 2.24) is 10.3 Å². The van der Waals surface area contributed by atoms with Gasteiger partial charge in [0.2, 0.25) is 11.8 Å². The van der Waals surface area contributed by atoms with Crippen molar-refractivity contribution in [1.29, 1.82) is 0 Å². The molecular weight excluding hydrogens is 252 g/mol. The number of nitrogen functional groups attached to an aromatic ring is 1.